The highest BCUT2D eigenvalue weighted by Crippen LogP contribution is 2.21. The van der Waals surface area contributed by atoms with Crippen molar-refractivity contribution in [3.63, 3.8) is 0 Å². The summed E-state index contributed by atoms with van der Waals surface area (Å²) < 4.78 is 0. The average Bonchev–Trinajstić information content (AvgIpc) is 3.22. The van der Waals surface area contributed by atoms with E-state index in [-0.39, 0.29) is 11.9 Å². The molecular weight excluding hydrogens is 254 g/mol. The molecule has 1 aliphatic rings. The van der Waals surface area contributed by atoms with Crippen LogP contribution in [0, 0.1) is 0 Å². The molecule has 3 rings (SSSR count). The second-order valence-corrected chi connectivity index (χ2v) is 4.97. The molecule has 20 heavy (non-hydrogen) atoms. The van der Waals surface area contributed by atoms with Crippen LogP contribution in [0.3, 0.4) is 0 Å². The maximum absolute atomic E-state index is 11.6. The Balaban J connectivity index is 1.65. The summed E-state index contributed by atoms with van der Waals surface area (Å²) in [5.41, 5.74) is 6.49. The summed E-state index contributed by atoms with van der Waals surface area (Å²) in [6, 6.07) is 8.05. The SMILES string of the molecule is Nc1nc(NCCC(=O)NC2CC2)c2ccccc2n1. The van der Waals surface area contributed by atoms with Gasteiger partial charge in [-0.15, -0.1) is 0 Å². The van der Waals surface area contributed by atoms with Crippen LogP contribution in [0.15, 0.2) is 24.3 Å². The largest absolute Gasteiger partial charge is 0.369 e. The molecular formula is C14H17N5O. The summed E-state index contributed by atoms with van der Waals surface area (Å²) in [7, 11) is 0. The fourth-order valence-electron chi connectivity index (χ4n) is 2.05. The average molecular weight is 271 g/mol. The molecule has 0 unspecified atom stereocenters. The van der Waals surface area contributed by atoms with Gasteiger partial charge in [0.05, 0.1) is 5.52 Å². The van der Waals surface area contributed by atoms with Gasteiger partial charge in [0.15, 0.2) is 0 Å². The van der Waals surface area contributed by atoms with Gasteiger partial charge in [0.25, 0.3) is 0 Å². The smallest absolute Gasteiger partial charge is 0.222 e. The van der Waals surface area contributed by atoms with Crippen LogP contribution in [0.5, 0.6) is 0 Å². The van der Waals surface area contributed by atoms with Crippen molar-refractivity contribution in [2.24, 2.45) is 0 Å². The quantitative estimate of drug-likeness (QED) is 0.762. The second-order valence-electron chi connectivity index (χ2n) is 4.97. The van der Waals surface area contributed by atoms with E-state index in [1.807, 2.05) is 24.3 Å². The van der Waals surface area contributed by atoms with Gasteiger partial charge in [-0.05, 0) is 25.0 Å². The van der Waals surface area contributed by atoms with Crippen molar-refractivity contribution < 1.29 is 4.79 Å². The number of carbonyl (C=O) groups excluding carboxylic acids is 1. The third-order valence-electron chi connectivity index (χ3n) is 3.21. The van der Waals surface area contributed by atoms with E-state index in [4.69, 9.17) is 5.73 Å². The lowest BCUT2D eigenvalue weighted by atomic mass is 10.2. The van der Waals surface area contributed by atoms with Gasteiger partial charge in [-0.3, -0.25) is 4.79 Å². The predicted octanol–water partition coefficient (Wildman–Crippen LogP) is 1.29. The second kappa shape index (κ2) is 5.32. The minimum Gasteiger partial charge on any atom is -0.369 e. The highest BCUT2D eigenvalue weighted by molar-refractivity contribution is 5.90. The van der Waals surface area contributed by atoms with E-state index in [1.165, 1.54) is 0 Å². The van der Waals surface area contributed by atoms with Gasteiger partial charge in [-0.2, -0.15) is 4.98 Å². The zero-order valence-corrected chi connectivity index (χ0v) is 11.1. The van der Waals surface area contributed by atoms with Crippen LogP contribution in [0.2, 0.25) is 0 Å². The Morgan fingerprint density at radius 2 is 2.10 bits per heavy atom. The van der Waals surface area contributed by atoms with Crippen molar-refractivity contribution in [1.29, 1.82) is 0 Å². The molecule has 104 valence electrons. The zero-order chi connectivity index (χ0) is 13.9. The highest BCUT2D eigenvalue weighted by Gasteiger charge is 2.22. The molecule has 2 aromatic rings. The first-order valence-electron chi connectivity index (χ1n) is 6.78. The molecule has 6 nitrogen and oxygen atoms in total. The van der Waals surface area contributed by atoms with Gasteiger partial charge < -0.3 is 16.4 Å². The maximum atomic E-state index is 11.6. The Morgan fingerprint density at radius 3 is 2.90 bits per heavy atom. The van der Waals surface area contributed by atoms with Crippen LogP contribution < -0.4 is 16.4 Å². The molecule has 0 atom stereocenters. The fraction of sp³-hybridized carbons (Fsp3) is 0.357. The summed E-state index contributed by atoms with van der Waals surface area (Å²) in [4.78, 5) is 20.0. The summed E-state index contributed by atoms with van der Waals surface area (Å²) in [5.74, 6) is 0.979. The molecule has 0 bridgehead atoms. The number of rotatable bonds is 5. The fourth-order valence-corrected chi connectivity index (χ4v) is 2.05. The molecule has 1 fully saturated rings. The lowest BCUT2D eigenvalue weighted by Crippen LogP contribution is -2.27. The standard InChI is InChI=1S/C14H17N5O/c15-14-18-11-4-2-1-3-10(11)13(19-14)16-8-7-12(20)17-9-5-6-9/h1-4,9H,5-8H2,(H,17,20)(H3,15,16,18,19). The van der Waals surface area contributed by atoms with E-state index in [1.54, 1.807) is 0 Å². The molecule has 0 spiro atoms. The number of benzene rings is 1. The number of nitrogens with one attached hydrogen (secondary N) is 2. The number of anilines is 2. The Bertz CT molecular complexity index is 638. The molecule has 1 aromatic carbocycles. The monoisotopic (exact) mass is 271 g/mol. The number of hydrogen-bond donors (Lipinski definition) is 3. The molecule has 4 N–H and O–H groups in total. The minimum atomic E-state index is 0.0753. The Morgan fingerprint density at radius 1 is 1.30 bits per heavy atom. The first kappa shape index (κ1) is 12.7. The lowest BCUT2D eigenvalue weighted by molar-refractivity contribution is -0.120. The van der Waals surface area contributed by atoms with E-state index in [0.717, 1.165) is 23.7 Å². The van der Waals surface area contributed by atoms with Gasteiger partial charge in [-0.1, -0.05) is 12.1 Å². The normalized spacial score (nSPS) is 14.2. The molecule has 0 saturated heterocycles. The first-order chi connectivity index (χ1) is 9.72. The van der Waals surface area contributed by atoms with E-state index in [9.17, 15) is 4.79 Å². The van der Waals surface area contributed by atoms with Gasteiger partial charge in [0.1, 0.15) is 5.82 Å². The molecule has 0 radical (unpaired) electrons. The van der Waals surface area contributed by atoms with Crippen molar-refractivity contribution >= 4 is 28.6 Å². The van der Waals surface area contributed by atoms with Crippen molar-refractivity contribution in [3.8, 4) is 0 Å². The van der Waals surface area contributed by atoms with Crippen LogP contribution in [0.4, 0.5) is 11.8 Å². The highest BCUT2D eigenvalue weighted by atomic mass is 16.1. The van der Waals surface area contributed by atoms with Crippen LogP contribution >= 0.6 is 0 Å². The molecule has 6 heteroatoms. The van der Waals surface area contributed by atoms with E-state index in [2.05, 4.69) is 20.6 Å². The van der Waals surface area contributed by atoms with Crippen molar-refractivity contribution in [2.45, 2.75) is 25.3 Å². The van der Waals surface area contributed by atoms with E-state index in [0.29, 0.717) is 24.8 Å². The summed E-state index contributed by atoms with van der Waals surface area (Å²) in [5, 5.41) is 7.02. The molecule has 1 aromatic heterocycles. The topological polar surface area (TPSA) is 92.9 Å². The number of hydrogen-bond acceptors (Lipinski definition) is 5. The van der Waals surface area contributed by atoms with Crippen molar-refractivity contribution in [3.05, 3.63) is 24.3 Å². The molecule has 1 saturated carbocycles. The number of carbonyl (C=O) groups is 1. The van der Waals surface area contributed by atoms with Gasteiger partial charge in [-0.25, -0.2) is 4.98 Å². The van der Waals surface area contributed by atoms with Crippen molar-refractivity contribution in [2.75, 3.05) is 17.6 Å². The van der Waals surface area contributed by atoms with Crippen LogP contribution in [-0.2, 0) is 4.79 Å². The minimum absolute atomic E-state index is 0.0753. The van der Waals surface area contributed by atoms with E-state index >= 15 is 0 Å². The number of nitrogens with zero attached hydrogens (tertiary/aromatic N) is 2. The number of nitrogen functional groups attached to an aromatic ring is 1. The number of amides is 1. The number of aromatic nitrogens is 2. The summed E-state index contributed by atoms with van der Waals surface area (Å²) in [6.45, 7) is 0.527. The molecule has 0 aliphatic heterocycles. The third kappa shape index (κ3) is 2.96. The predicted molar refractivity (Wildman–Crippen MR) is 78.2 cm³/mol. The number of para-hydroxylation sites is 1. The number of fused-ring (bicyclic) bond motifs is 1. The van der Waals surface area contributed by atoms with Crippen LogP contribution in [0.1, 0.15) is 19.3 Å². The zero-order valence-electron chi connectivity index (χ0n) is 11.1. The van der Waals surface area contributed by atoms with Gasteiger partial charge in [0.2, 0.25) is 11.9 Å². The summed E-state index contributed by atoms with van der Waals surface area (Å²) >= 11 is 0. The Kier molecular flexibility index (Phi) is 3.37. The van der Waals surface area contributed by atoms with Gasteiger partial charge >= 0.3 is 0 Å². The molecule has 1 amide bonds. The Hall–Kier alpha value is -2.37. The first-order valence-corrected chi connectivity index (χ1v) is 6.78. The Labute approximate surface area is 116 Å². The summed E-state index contributed by atoms with van der Waals surface area (Å²) in [6.07, 6.45) is 2.63. The number of nitrogens with two attached hydrogens (primary N) is 1. The molecule has 1 aliphatic carbocycles. The van der Waals surface area contributed by atoms with Crippen LogP contribution in [-0.4, -0.2) is 28.5 Å². The van der Waals surface area contributed by atoms with Gasteiger partial charge in [0, 0.05) is 24.4 Å². The maximum Gasteiger partial charge on any atom is 0.222 e. The van der Waals surface area contributed by atoms with Crippen LogP contribution in [0.25, 0.3) is 10.9 Å². The van der Waals surface area contributed by atoms with Crippen molar-refractivity contribution in [1.82, 2.24) is 15.3 Å². The third-order valence-corrected chi connectivity index (χ3v) is 3.21. The van der Waals surface area contributed by atoms with E-state index < -0.39 is 0 Å². The molecule has 1 heterocycles. The lowest BCUT2D eigenvalue weighted by Gasteiger charge is -2.09.